The molecule has 0 spiro atoms. The van der Waals surface area contributed by atoms with Crippen LogP contribution in [0.4, 0.5) is 0 Å². The van der Waals surface area contributed by atoms with Crippen LogP contribution in [0.5, 0.6) is 11.5 Å². The molecule has 1 aromatic carbocycles. The SMILES string of the molecule is CNC(=O)CN(C)C(=O)COC(=O)/C=C/c1ccc(OC)c(OC)c1. The molecule has 1 aromatic rings. The standard InChI is InChI=1S/C17H22N2O6/c1-18-15(20)10-19(2)16(21)11-25-17(22)8-6-12-5-7-13(23-3)14(9-12)24-4/h5-9H,10-11H2,1-4H3,(H,18,20)/b8-6+. The van der Waals surface area contributed by atoms with Crippen LogP contribution in [-0.4, -0.2) is 64.2 Å². The molecule has 0 saturated heterocycles. The van der Waals surface area contributed by atoms with Crippen LogP contribution in [0.15, 0.2) is 24.3 Å². The number of nitrogens with one attached hydrogen (secondary N) is 1. The number of nitrogens with zero attached hydrogens (tertiary/aromatic N) is 1. The van der Waals surface area contributed by atoms with E-state index in [2.05, 4.69) is 5.32 Å². The van der Waals surface area contributed by atoms with Gasteiger partial charge in [0.2, 0.25) is 5.91 Å². The van der Waals surface area contributed by atoms with Gasteiger partial charge >= 0.3 is 5.97 Å². The van der Waals surface area contributed by atoms with Crippen LogP contribution in [0.3, 0.4) is 0 Å². The van der Waals surface area contributed by atoms with Gasteiger partial charge in [0.05, 0.1) is 20.8 Å². The fraction of sp³-hybridized carbons (Fsp3) is 0.353. The first kappa shape index (κ1) is 20.0. The smallest absolute Gasteiger partial charge is 0.331 e. The van der Waals surface area contributed by atoms with Crippen molar-refractivity contribution in [2.24, 2.45) is 0 Å². The molecule has 0 aliphatic rings. The third-order valence-electron chi connectivity index (χ3n) is 3.24. The van der Waals surface area contributed by atoms with Crippen molar-refractivity contribution in [2.45, 2.75) is 0 Å². The lowest BCUT2D eigenvalue weighted by Gasteiger charge is -2.15. The van der Waals surface area contributed by atoms with Crippen LogP contribution in [0.1, 0.15) is 5.56 Å². The second-order valence-electron chi connectivity index (χ2n) is 4.98. The molecule has 0 aliphatic carbocycles. The Hall–Kier alpha value is -3.03. The van der Waals surface area contributed by atoms with Gasteiger partial charge in [-0.05, 0) is 23.8 Å². The van der Waals surface area contributed by atoms with E-state index < -0.39 is 18.5 Å². The molecule has 1 N–H and O–H groups in total. The maximum Gasteiger partial charge on any atom is 0.331 e. The van der Waals surface area contributed by atoms with Gasteiger partial charge < -0.3 is 24.4 Å². The largest absolute Gasteiger partial charge is 0.493 e. The lowest BCUT2D eigenvalue weighted by molar-refractivity contribution is -0.148. The van der Waals surface area contributed by atoms with Gasteiger partial charge in [-0.25, -0.2) is 4.79 Å². The first-order chi connectivity index (χ1) is 11.9. The van der Waals surface area contributed by atoms with E-state index in [9.17, 15) is 14.4 Å². The Bertz CT molecular complexity index is 657. The Balaban J connectivity index is 2.55. The molecule has 0 heterocycles. The molecule has 0 atom stereocenters. The van der Waals surface area contributed by atoms with Crippen molar-refractivity contribution in [3.05, 3.63) is 29.8 Å². The number of carbonyl (C=O) groups excluding carboxylic acids is 3. The Kier molecular flexibility index (Phi) is 7.98. The molecule has 2 amide bonds. The molecule has 0 fully saturated rings. The number of amides is 2. The van der Waals surface area contributed by atoms with E-state index in [-0.39, 0.29) is 12.5 Å². The first-order valence-corrected chi connectivity index (χ1v) is 7.42. The summed E-state index contributed by atoms with van der Waals surface area (Å²) in [4.78, 5) is 35.8. The number of carbonyl (C=O) groups is 3. The van der Waals surface area contributed by atoms with Crippen molar-refractivity contribution in [2.75, 3.05) is 41.5 Å². The van der Waals surface area contributed by atoms with Crippen molar-refractivity contribution in [1.82, 2.24) is 10.2 Å². The van der Waals surface area contributed by atoms with Crippen LogP contribution in [0.2, 0.25) is 0 Å². The Labute approximate surface area is 146 Å². The van der Waals surface area contributed by atoms with Crippen LogP contribution in [-0.2, 0) is 19.1 Å². The highest BCUT2D eigenvalue weighted by Gasteiger charge is 2.13. The number of benzene rings is 1. The van der Waals surface area contributed by atoms with Crippen LogP contribution < -0.4 is 14.8 Å². The van der Waals surface area contributed by atoms with Crippen LogP contribution in [0.25, 0.3) is 6.08 Å². The second kappa shape index (κ2) is 9.96. The van der Waals surface area contributed by atoms with Gasteiger partial charge in [0.15, 0.2) is 18.1 Å². The molecule has 0 aliphatic heterocycles. The summed E-state index contributed by atoms with van der Waals surface area (Å²) in [6, 6.07) is 5.15. The number of hydrogen-bond acceptors (Lipinski definition) is 6. The van der Waals surface area contributed by atoms with Crippen molar-refractivity contribution < 1.29 is 28.6 Å². The van der Waals surface area contributed by atoms with Crippen LogP contribution in [0, 0.1) is 0 Å². The molecule has 1 rings (SSSR count). The van der Waals surface area contributed by atoms with Crippen molar-refractivity contribution in [3.8, 4) is 11.5 Å². The van der Waals surface area contributed by atoms with E-state index in [1.165, 1.54) is 45.4 Å². The molecule has 8 heteroatoms. The summed E-state index contributed by atoms with van der Waals surface area (Å²) < 4.78 is 15.2. The minimum atomic E-state index is -0.670. The normalized spacial score (nSPS) is 10.2. The van der Waals surface area contributed by atoms with E-state index in [4.69, 9.17) is 14.2 Å². The number of ether oxygens (including phenoxy) is 3. The molecular formula is C17H22N2O6. The molecule has 0 radical (unpaired) electrons. The quantitative estimate of drug-likeness (QED) is 0.541. The maximum atomic E-state index is 11.7. The molecule has 0 aromatic heterocycles. The average molecular weight is 350 g/mol. The number of likely N-dealkylation sites (N-methyl/N-ethyl adjacent to an activating group) is 2. The fourth-order valence-corrected chi connectivity index (χ4v) is 1.79. The summed E-state index contributed by atoms with van der Waals surface area (Å²) in [5.74, 6) is -0.348. The summed E-state index contributed by atoms with van der Waals surface area (Å²) >= 11 is 0. The molecule has 136 valence electrons. The van der Waals surface area contributed by atoms with Gasteiger partial charge in [-0.15, -0.1) is 0 Å². The first-order valence-electron chi connectivity index (χ1n) is 7.42. The Morgan fingerprint density at radius 1 is 1.16 bits per heavy atom. The predicted octanol–water partition coefficient (Wildman–Crippen LogP) is 0.465. The monoisotopic (exact) mass is 350 g/mol. The molecular weight excluding hydrogens is 328 g/mol. The highest BCUT2D eigenvalue weighted by Crippen LogP contribution is 2.27. The molecule has 0 saturated carbocycles. The summed E-state index contributed by atoms with van der Waals surface area (Å²) in [6.45, 7) is -0.545. The third kappa shape index (κ3) is 6.54. The lowest BCUT2D eigenvalue weighted by Crippen LogP contribution is -2.38. The maximum absolute atomic E-state index is 11.7. The minimum absolute atomic E-state index is 0.103. The predicted molar refractivity (Wildman–Crippen MR) is 91.2 cm³/mol. The lowest BCUT2D eigenvalue weighted by atomic mass is 10.2. The fourth-order valence-electron chi connectivity index (χ4n) is 1.79. The van der Waals surface area contributed by atoms with Gasteiger partial charge in [-0.3, -0.25) is 9.59 Å². The molecule has 25 heavy (non-hydrogen) atoms. The van der Waals surface area contributed by atoms with E-state index in [1.54, 1.807) is 18.2 Å². The number of methoxy groups -OCH3 is 2. The Morgan fingerprint density at radius 2 is 1.84 bits per heavy atom. The highest BCUT2D eigenvalue weighted by molar-refractivity contribution is 5.90. The van der Waals surface area contributed by atoms with E-state index in [1.807, 2.05) is 0 Å². The van der Waals surface area contributed by atoms with Gasteiger partial charge in [0.1, 0.15) is 0 Å². The molecule has 0 unspecified atom stereocenters. The molecule has 8 nitrogen and oxygen atoms in total. The Morgan fingerprint density at radius 3 is 2.44 bits per heavy atom. The minimum Gasteiger partial charge on any atom is -0.493 e. The van der Waals surface area contributed by atoms with Crippen molar-refractivity contribution in [1.29, 1.82) is 0 Å². The number of esters is 1. The van der Waals surface area contributed by atoms with Crippen molar-refractivity contribution >= 4 is 23.9 Å². The van der Waals surface area contributed by atoms with E-state index in [0.717, 1.165) is 0 Å². The zero-order valence-electron chi connectivity index (χ0n) is 14.7. The summed E-state index contributed by atoms with van der Waals surface area (Å²) in [5, 5.41) is 2.40. The summed E-state index contributed by atoms with van der Waals surface area (Å²) in [5.41, 5.74) is 0.706. The zero-order chi connectivity index (χ0) is 18.8. The third-order valence-corrected chi connectivity index (χ3v) is 3.24. The van der Waals surface area contributed by atoms with Crippen molar-refractivity contribution in [3.63, 3.8) is 0 Å². The van der Waals surface area contributed by atoms with E-state index >= 15 is 0 Å². The van der Waals surface area contributed by atoms with Gasteiger partial charge in [0, 0.05) is 20.2 Å². The summed E-state index contributed by atoms with van der Waals surface area (Å²) in [7, 11) is 5.97. The average Bonchev–Trinajstić information content (AvgIpc) is 2.63. The zero-order valence-corrected chi connectivity index (χ0v) is 14.7. The second-order valence-corrected chi connectivity index (χ2v) is 4.98. The van der Waals surface area contributed by atoms with Gasteiger partial charge in [-0.1, -0.05) is 6.07 Å². The van der Waals surface area contributed by atoms with Gasteiger partial charge in [-0.2, -0.15) is 0 Å². The summed E-state index contributed by atoms with van der Waals surface area (Å²) in [6.07, 6.45) is 2.73. The topological polar surface area (TPSA) is 94.2 Å². The van der Waals surface area contributed by atoms with Gasteiger partial charge in [0.25, 0.3) is 5.91 Å². The highest BCUT2D eigenvalue weighted by atomic mass is 16.5. The van der Waals surface area contributed by atoms with E-state index in [0.29, 0.717) is 17.1 Å². The number of hydrogen-bond donors (Lipinski definition) is 1. The molecule has 0 bridgehead atoms. The van der Waals surface area contributed by atoms with Crippen LogP contribution >= 0.6 is 0 Å². The number of rotatable bonds is 8.